The van der Waals surface area contributed by atoms with Crippen molar-refractivity contribution in [2.75, 3.05) is 13.2 Å². The maximum absolute atomic E-state index is 12.4. The maximum atomic E-state index is 12.4. The van der Waals surface area contributed by atoms with E-state index in [2.05, 4.69) is 0 Å². The standard InChI is InChI=1S/C14H15NO3/c16-8-10-4-3-7-15(10)14(17)12-9-18-13-6-2-1-5-11(12)13/h1-2,5-6,9-10,16H,3-4,7-8H2/t10-/m0/s1. The molecule has 1 aliphatic heterocycles. The molecule has 0 radical (unpaired) electrons. The van der Waals surface area contributed by atoms with E-state index in [-0.39, 0.29) is 18.6 Å². The number of para-hydroxylation sites is 1. The minimum atomic E-state index is -0.0498. The van der Waals surface area contributed by atoms with Crippen LogP contribution in [0.3, 0.4) is 0 Å². The zero-order valence-electron chi connectivity index (χ0n) is 10.0. The minimum Gasteiger partial charge on any atom is -0.463 e. The van der Waals surface area contributed by atoms with Crippen molar-refractivity contribution in [2.24, 2.45) is 0 Å². The third-order valence-corrected chi connectivity index (χ3v) is 3.56. The van der Waals surface area contributed by atoms with E-state index >= 15 is 0 Å². The highest BCUT2D eigenvalue weighted by molar-refractivity contribution is 6.06. The van der Waals surface area contributed by atoms with Crippen LogP contribution in [0.4, 0.5) is 0 Å². The lowest BCUT2D eigenvalue weighted by Crippen LogP contribution is -2.37. The Morgan fingerprint density at radius 2 is 2.28 bits per heavy atom. The average molecular weight is 245 g/mol. The van der Waals surface area contributed by atoms with E-state index in [0.717, 1.165) is 23.8 Å². The molecular weight excluding hydrogens is 230 g/mol. The smallest absolute Gasteiger partial charge is 0.258 e. The van der Waals surface area contributed by atoms with Crippen LogP contribution in [0.2, 0.25) is 0 Å². The van der Waals surface area contributed by atoms with Crippen LogP contribution in [-0.2, 0) is 0 Å². The molecule has 1 amide bonds. The summed E-state index contributed by atoms with van der Waals surface area (Å²) in [6.45, 7) is 0.741. The number of hydrogen-bond acceptors (Lipinski definition) is 3. The van der Waals surface area contributed by atoms with Crippen molar-refractivity contribution < 1.29 is 14.3 Å². The van der Waals surface area contributed by atoms with Gasteiger partial charge in [0.2, 0.25) is 0 Å². The van der Waals surface area contributed by atoms with Gasteiger partial charge in [-0.1, -0.05) is 18.2 Å². The van der Waals surface area contributed by atoms with Crippen molar-refractivity contribution >= 4 is 16.9 Å². The van der Waals surface area contributed by atoms with E-state index < -0.39 is 0 Å². The van der Waals surface area contributed by atoms with Crippen molar-refractivity contribution in [3.8, 4) is 0 Å². The number of fused-ring (bicyclic) bond motifs is 1. The molecule has 0 unspecified atom stereocenters. The fourth-order valence-electron chi connectivity index (χ4n) is 2.59. The highest BCUT2D eigenvalue weighted by atomic mass is 16.3. The van der Waals surface area contributed by atoms with Gasteiger partial charge in [-0.2, -0.15) is 0 Å². The molecule has 0 aliphatic carbocycles. The molecule has 1 aliphatic rings. The molecule has 0 saturated carbocycles. The Morgan fingerprint density at radius 1 is 1.44 bits per heavy atom. The molecule has 0 spiro atoms. The molecule has 2 heterocycles. The predicted octanol–water partition coefficient (Wildman–Crippen LogP) is 2.03. The van der Waals surface area contributed by atoms with Crippen molar-refractivity contribution in [1.82, 2.24) is 4.90 Å². The van der Waals surface area contributed by atoms with Crippen LogP contribution in [0.1, 0.15) is 23.2 Å². The topological polar surface area (TPSA) is 53.7 Å². The summed E-state index contributed by atoms with van der Waals surface area (Å²) in [7, 11) is 0. The number of aliphatic hydroxyl groups excluding tert-OH is 1. The monoisotopic (exact) mass is 245 g/mol. The number of likely N-dealkylation sites (tertiary alicyclic amines) is 1. The summed E-state index contributed by atoms with van der Waals surface area (Å²) < 4.78 is 5.39. The molecule has 1 aromatic heterocycles. The molecule has 2 aromatic rings. The van der Waals surface area contributed by atoms with Gasteiger partial charge in [-0.3, -0.25) is 4.79 Å². The van der Waals surface area contributed by atoms with E-state index in [9.17, 15) is 9.90 Å². The highest BCUT2D eigenvalue weighted by Crippen LogP contribution is 2.25. The number of carbonyl (C=O) groups is 1. The number of benzene rings is 1. The number of furan rings is 1. The lowest BCUT2D eigenvalue weighted by molar-refractivity contribution is 0.0678. The van der Waals surface area contributed by atoms with E-state index in [1.165, 1.54) is 6.26 Å². The third kappa shape index (κ3) is 1.69. The Morgan fingerprint density at radius 3 is 3.11 bits per heavy atom. The molecule has 4 nitrogen and oxygen atoms in total. The second-order valence-corrected chi connectivity index (χ2v) is 4.62. The lowest BCUT2D eigenvalue weighted by atomic mass is 10.1. The number of rotatable bonds is 2. The largest absolute Gasteiger partial charge is 0.463 e. The lowest BCUT2D eigenvalue weighted by Gasteiger charge is -2.22. The molecule has 0 bridgehead atoms. The zero-order chi connectivity index (χ0) is 12.5. The van der Waals surface area contributed by atoms with Gasteiger partial charge in [0.15, 0.2) is 0 Å². The fourth-order valence-corrected chi connectivity index (χ4v) is 2.59. The first-order chi connectivity index (χ1) is 8.81. The Bertz CT molecular complexity index is 575. The zero-order valence-corrected chi connectivity index (χ0v) is 10.0. The minimum absolute atomic E-state index is 0.0293. The van der Waals surface area contributed by atoms with Crippen molar-refractivity contribution in [1.29, 1.82) is 0 Å². The van der Waals surface area contributed by atoms with Gasteiger partial charge in [-0.15, -0.1) is 0 Å². The summed E-state index contributed by atoms with van der Waals surface area (Å²) in [4.78, 5) is 14.2. The second-order valence-electron chi connectivity index (χ2n) is 4.62. The Balaban J connectivity index is 1.97. The SMILES string of the molecule is O=C(c1coc2ccccc12)N1CCC[C@H]1CO. The van der Waals surface area contributed by atoms with Crippen LogP contribution in [0, 0.1) is 0 Å². The van der Waals surface area contributed by atoms with Gasteiger partial charge in [0, 0.05) is 11.9 Å². The van der Waals surface area contributed by atoms with E-state index in [1.54, 1.807) is 4.90 Å². The molecule has 3 rings (SSSR count). The average Bonchev–Trinajstić information content (AvgIpc) is 3.04. The molecule has 1 aromatic carbocycles. The molecule has 1 fully saturated rings. The van der Waals surface area contributed by atoms with E-state index in [1.807, 2.05) is 24.3 Å². The van der Waals surface area contributed by atoms with Gasteiger partial charge >= 0.3 is 0 Å². The van der Waals surface area contributed by atoms with Crippen LogP contribution in [0.25, 0.3) is 11.0 Å². The van der Waals surface area contributed by atoms with E-state index in [4.69, 9.17) is 4.42 Å². The van der Waals surface area contributed by atoms with Gasteiger partial charge < -0.3 is 14.4 Å². The maximum Gasteiger partial charge on any atom is 0.258 e. The summed E-state index contributed by atoms with van der Waals surface area (Å²) in [6.07, 6.45) is 3.34. The van der Waals surface area contributed by atoms with Crippen LogP contribution in [-0.4, -0.2) is 35.1 Å². The molecular formula is C14H15NO3. The van der Waals surface area contributed by atoms with Gasteiger partial charge in [0.05, 0.1) is 18.2 Å². The van der Waals surface area contributed by atoms with Gasteiger partial charge in [-0.25, -0.2) is 0 Å². The van der Waals surface area contributed by atoms with Gasteiger partial charge in [0.1, 0.15) is 11.8 Å². The van der Waals surface area contributed by atoms with E-state index in [0.29, 0.717) is 12.1 Å². The third-order valence-electron chi connectivity index (χ3n) is 3.56. The summed E-state index contributed by atoms with van der Waals surface area (Å²) in [6, 6.07) is 7.45. The summed E-state index contributed by atoms with van der Waals surface area (Å²) in [5.74, 6) is -0.0449. The van der Waals surface area contributed by atoms with Crippen molar-refractivity contribution in [2.45, 2.75) is 18.9 Å². The molecule has 1 N–H and O–H groups in total. The van der Waals surface area contributed by atoms with Crippen molar-refractivity contribution in [3.05, 3.63) is 36.1 Å². The Labute approximate surface area is 105 Å². The van der Waals surface area contributed by atoms with Gasteiger partial charge in [0.25, 0.3) is 5.91 Å². The van der Waals surface area contributed by atoms with Crippen LogP contribution < -0.4 is 0 Å². The molecule has 94 valence electrons. The summed E-state index contributed by atoms with van der Waals surface area (Å²) in [5.41, 5.74) is 1.31. The normalized spacial score (nSPS) is 19.6. The highest BCUT2D eigenvalue weighted by Gasteiger charge is 2.30. The second kappa shape index (κ2) is 4.46. The molecule has 1 saturated heterocycles. The first-order valence-electron chi connectivity index (χ1n) is 6.19. The number of amides is 1. The number of nitrogens with zero attached hydrogens (tertiary/aromatic N) is 1. The first-order valence-corrected chi connectivity index (χ1v) is 6.19. The number of hydrogen-bond donors (Lipinski definition) is 1. The Hall–Kier alpha value is -1.81. The predicted molar refractivity (Wildman–Crippen MR) is 67.4 cm³/mol. The van der Waals surface area contributed by atoms with Crippen molar-refractivity contribution in [3.63, 3.8) is 0 Å². The molecule has 18 heavy (non-hydrogen) atoms. The van der Waals surface area contributed by atoms with Crippen LogP contribution in [0.15, 0.2) is 34.9 Å². The van der Waals surface area contributed by atoms with Gasteiger partial charge in [-0.05, 0) is 18.9 Å². The van der Waals surface area contributed by atoms with Crippen LogP contribution in [0.5, 0.6) is 0 Å². The summed E-state index contributed by atoms with van der Waals surface area (Å²) in [5, 5.41) is 10.1. The molecule has 4 heteroatoms. The fraction of sp³-hybridized carbons (Fsp3) is 0.357. The first kappa shape index (κ1) is 11.3. The molecule has 1 atom stereocenters. The van der Waals surface area contributed by atoms with Crippen LogP contribution >= 0.6 is 0 Å². The summed E-state index contributed by atoms with van der Waals surface area (Å²) >= 11 is 0. The number of aliphatic hydroxyl groups is 1. The quantitative estimate of drug-likeness (QED) is 0.880. The number of carbonyl (C=O) groups excluding carboxylic acids is 1. The Kier molecular flexibility index (Phi) is 2.80.